The molecule has 16 bridgehead atoms. The predicted molar refractivity (Wildman–Crippen MR) is 470 cm³/mol. The zero-order valence-electron chi connectivity index (χ0n) is 67.0. The van der Waals surface area contributed by atoms with E-state index in [-0.39, 0.29) is 0 Å². The average Bonchev–Trinajstić information content (AvgIpc) is 1.59. The van der Waals surface area contributed by atoms with Crippen molar-refractivity contribution in [1.82, 2.24) is 49.8 Å². The van der Waals surface area contributed by atoms with Crippen LogP contribution in [0, 0.1) is 148 Å². The number of hydrogen-bond donors (Lipinski definition) is 4. The molecule has 10 heteroatoms. The predicted octanol–water partition coefficient (Wildman–Crippen LogP) is 24.8. The van der Waals surface area contributed by atoms with Crippen LogP contribution in [-0.4, -0.2) is 49.8 Å². The minimum Gasteiger partial charge on any atom is -0.354 e. The number of aromatic amines is 4. The van der Waals surface area contributed by atoms with Gasteiger partial charge >= 0.3 is 0 Å². The third-order valence-electron chi connectivity index (χ3n) is 22.4. The van der Waals surface area contributed by atoms with Crippen molar-refractivity contribution in [3.05, 3.63) is 302 Å². The first-order valence-corrected chi connectivity index (χ1v) is 38.5. The highest BCUT2D eigenvalue weighted by Gasteiger charge is 2.26. The first-order chi connectivity index (χ1) is 53.9. The van der Waals surface area contributed by atoms with Gasteiger partial charge in [0.15, 0.2) is 0 Å². The number of fused-ring (bicyclic) bond motifs is 16. The highest BCUT2D eigenvalue weighted by atomic mass is 14.8. The Kier molecular flexibility index (Phi) is 17.9. The van der Waals surface area contributed by atoms with E-state index in [1.54, 1.807) is 6.33 Å². The van der Waals surface area contributed by atoms with E-state index in [1.165, 1.54) is 55.6 Å². The van der Waals surface area contributed by atoms with Crippen LogP contribution in [0.25, 0.3) is 160 Å². The molecule has 13 aromatic rings. The van der Waals surface area contributed by atoms with Gasteiger partial charge in [0.2, 0.25) is 0 Å². The number of nitrogens with one attached hydrogen (secondary N) is 4. The molecule has 0 saturated heterocycles. The minimum atomic E-state index is 0.484. The molecule has 11 heterocycles. The summed E-state index contributed by atoms with van der Waals surface area (Å²) in [5, 5.41) is 0. The molecule has 7 aromatic heterocycles. The molecule has 10 nitrogen and oxygen atoms in total. The van der Waals surface area contributed by atoms with Gasteiger partial charge in [-0.15, -0.1) is 0 Å². The maximum atomic E-state index is 5.71. The lowest BCUT2D eigenvalue weighted by atomic mass is 9.92. The second-order valence-corrected chi connectivity index (χ2v) is 31.4. The summed E-state index contributed by atoms with van der Waals surface area (Å²) in [5.74, 6) is 14.4. The SMILES string of the molecule is Cc1cc(C)c(-c2c3nc(c(-c4c(C)cc(C)cc4C)c4ccc([nH]4)c(-c4c(C)cc(C)cc4C)c4nc(c(C#Cc5cc(C#Cc6c7nc(c(-c8c(C)cc(C)cc8C)c8ccc([nH]8)c(-c8c(C)cc(C)cc8C)c8nc(c(-c9c(C)cc(C)cc9C)c9ccc6[nH]9)C=C8)C=C7)ncn5)c5ccc2[nH]5)C=C4)C=C3)c(C)c1. The standard InChI is InChI=1S/C102H88N10/c1-53-39-59(7)91(60(8)40-53)97-79-27-23-75(105-79)73(76-24-28-80(106-76)98(92-61(9)41-54(2)42-62(92)10)84-32-36-88(110-84)101(87-35-31-83(97)109-87)95-67(15)47-57(5)48-68(95)16)21-19-71-51-72(104-52-103-71)20-22-74-77-25-29-81(107-77)99(93-63(11)43-55(3)44-64(93)12)85-33-37-89(111-85)102(96-69(17)49-58(6)50-70(96)18)90-38-34-86(112-90)100(82-30-26-78(74)108-82)94-65(13)45-56(4)46-66(94)14/h23-52,105,107,110,112H,1-18H3. The molecule has 0 aliphatic carbocycles. The van der Waals surface area contributed by atoms with E-state index in [0.717, 1.165) is 190 Å². The van der Waals surface area contributed by atoms with Crippen LogP contribution in [0.5, 0.6) is 0 Å². The van der Waals surface area contributed by atoms with Crippen LogP contribution in [-0.2, 0) is 0 Å². The van der Waals surface area contributed by atoms with Gasteiger partial charge in [0, 0.05) is 72.5 Å². The van der Waals surface area contributed by atoms with Crippen molar-refractivity contribution < 1.29 is 0 Å². The van der Waals surface area contributed by atoms with E-state index in [2.05, 4.69) is 338 Å². The summed E-state index contributed by atoms with van der Waals surface area (Å²) in [6.07, 6.45) is 18.7. The van der Waals surface area contributed by atoms with Crippen molar-refractivity contribution in [2.45, 2.75) is 125 Å². The first-order valence-electron chi connectivity index (χ1n) is 38.5. The summed E-state index contributed by atoms with van der Waals surface area (Å²) < 4.78 is 0. The Morgan fingerprint density at radius 1 is 0.196 bits per heavy atom. The van der Waals surface area contributed by atoms with Crippen molar-refractivity contribution in [2.75, 3.05) is 0 Å². The molecule has 112 heavy (non-hydrogen) atoms. The minimum absolute atomic E-state index is 0.484. The van der Waals surface area contributed by atoms with Gasteiger partial charge in [0.25, 0.3) is 0 Å². The molecular formula is C102H88N10. The monoisotopic (exact) mass is 1450 g/mol. The van der Waals surface area contributed by atoms with E-state index in [4.69, 9.17) is 29.9 Å². The van der Waals surface area contributed by atoms with Crippen LogP contribution in [0.1, 0.15) is 168 Å². The maximum absolute atomic E-state index is 5.71. The third kappa shape index (κ3) is 12.8. The van der Waals surface area contributed by atoms with E-state index in [9.17, 15) is 0 Å². The zero-order chi connectivity index (χ0) is 78.0. The fourth-order valence-corrected chi connectivity index (χ4v) is 18.4. The molecule has 0 spiro atoms. The van der Waals surface area contributed by atoms with E-state index < -0.39 is 0 Å². The Labute approximate surface area is 655 Å². The largest absolute Gasteiger partial charge is 0.354 e. The van der Waals surface area contributed by atoms with E-state index in [1.807, 2.05) is 6.07 Å². The van der Waals surface area contributed by atoms with Crippen LogP contribution < -0.4 is 0 Å². The molecule has 0 atom stereocenters. The lowest BCUT2D eigenvalue weighted by Crippen LogP contribution is -1.96. The summed E-state index contributed by atoms with van der Waals surface area (Å²) in [4.78, 5) is 48.3. The highest BCUT2D eigenvalue weighted by molar-refractivity contribution is 6.03. The second-order valence-electron chi connectivity index (χ2n) is 31.4. The lowest BCUT2D eigenvalue weighted by molar-refractivity contribution is 1.13. The third-order valence-corrected chi connectivity index (χ3v) is 22.4. The number of aromatic nitrogens is 10. The highest BCUT2D eigenvalue weighted by Crippen LogP contribution is 2.45. The number of hydrogen-bond acceptors (Lipinski definition) is 6. The summed E-state index contributed by atoms with van der Waals surface area (Å²) in [7, 11) is 0. The zero-order valence-corrected chi connectivity index (χ0v) is 67.0. The normalized spacial score (nSPS) is 12.1. The molecule has 4 N–H and O–H groups in total. The van der Waals surface area contributed by atoms with Gasteiger partial charge in [-0.25, -0.2) is 29.9 Å². The van der Waals surface area contributed by atoms with Crippen molar-refractivity contribution >= 4 is 92.7 Å². The number of aryl methyl sites for hydroxylation is 18. The number of nitrogens with zero attached hydrogens (tertiary/aromatic N) is 6. The molecule has 4 aliphatic heterocycles. The van der Waals surface area contributed by atoms with Crippen LogP contribution in [0.2, 0.25) is 0 Å². The van der Waals surface area contributed by atoms with E-state index in [0.29, 0.717) is 33.9 Å². The summed E-state index contributed by atoms with van der Waals surface area (Å²) in [6.45, 7) is 39.4. The lowest BCUT2D eigenvalue weighted by Gasteiger charge is -2.14. The van der Waals surface area contributed by atoms with Crippen LogP contribution in [0.4, 0.5) is 0 Å². The topological polar surface area (TPSA) is 140 Å². The van der Waals surface area contributed by atoms with Crippen LogP contribution >= 0.6 is 0 Å². The molecule has 4 aliphatic rings. The fourth-order valence-electron chi connectivity index (χ4n) is 18.4. The van der Waals surface area contributed by atoms with Gasteiger partial charge in [0.1, 0.15) is 17.7 Å². The Hall–Kier alpha value is -13.3. The van der Waals surface area contributed by atoms with Crippen LogP contribution in [0.3, 0.4) is 0 Å². The van der Waals surface area contributed by atoms with Gasteiger partial charge < -0.3 is 19.9 Å². The first kappa shape index (κ1) is 71.6. The maximum Gasteiger partial charge on any atom is 0.118 e. The van der Waals surface area contributed by atoms with Gasteiger partial charge in [0.05, 0.1) is 67.7 Å². The summed E-state index contributed by atoms with van der Waals surface area (Å²) in [6, 6.07) is 46.5. The molecule has 0 radical (unpaired) electrons. The molecule has 546 valence electrons. The summed E-state index contributed by atoms with van der Waals surface area (Å²) in [5.41, 5.74) is 50.0. The molecule has 6 aromatic carbocycles. The quantitative estimate of drug-likeness (QED) is 0.122. The van der Waals surface area contributed by atoms with Crippen molar-refractivity contribution in [3.8, 4) is 90.4 Å². The second kappa shape index (κ2) is 28.0. The van der Waals surface area contributed by atoms with Gasteiger partial charge in [-0.05, 0) is 334 Å². The Bertz CT molecular complexity index is 6310. The van der Waals surface area contributed by atoms with Gasteiger partial charge in [-0.3, -0.25) is 0 Å². The Morgan fingerprint density at radius 2 is 0.375 bits per heavy atom. The van der Waals surface area contributed by atoms with Crippen molar-refractivity contribution in [3.63, 3.8) is 0 Å². The smallest absolute Gasteiger partial charge is 0.118 e. The van der Waals surface area contributed by atoms with Crippen molar-refractivity contribution in [2.24, 2.45) is 0 Å². The molecule has 0 saturated carbocycles. The molecule has 0 fully saturated rings. The molecular weight excluding hydrogens is 1370 g/mol. The fraction of sp³-hybridized carbons (Fsp3) is 0.176. The molecule has 17 rings (SSSR count). The Balaban J connectivity index is 0.896. The number of rotatable bonds is 6. The van der Waals surface area contributed by atoms with Gasteiger partial charge in [-0.1, -0.05) is 118 Å². The van der Waals surface area contributed by atoms with Gasteiger partial charge in [-0.2, -0.15) is 0 Å². The van der Waals surface area contributed by atoms with Crippen LogP contribution in [0.15, 0.2) is 134 Å². The van der Waals surface area contributed by atoms with E-state index >= 15 is 0 Å². The average molecular weight is 1450 g/mol. The van der Waals surface area contributed by atoms with Crippen molar-refractivity contribution in [1.29, 1.82) is 0 Å². The molecule has 0 amide bonds. The molecule has 0 unspecified atom stereocenters. The Morgan fingerprint density at radius 3 is 0.589 bits per heavy atom. The number of benzene rings is 6. The number of H-pyrrole nitrogens is 4. The summed E-state index contributed by atoms with van der Waals surface area (Å²) >= 11 is 0.